The van der Waals surface area contributed by atoms with Crippen LogP contribution in [0.4, 0.5) is 5.69 Å². The molecule has 5 rings (SSSR count). The minimum Gasteiger partial charge on any atom is -0.396 e. The monoisotopic (exact) mass is 507 g/mol. The zero-order valence-corrected chi connectivity index (χ0v) is 19.9. The van der Waals surface area contributed by atoms with Crippen molar-refractivity contribution in [3.8, 4) is 0 Å². The van der Waals surface area contributed by atoms with Gasteiger partial charge < -0.3 is 15.6 Å². The maximum absolute atomic E-state index is 13.5. The van der Waals surface area contributed by atoms with Crippen molar-refractivity contribution in [2.75, 3.05) is 37.8 Å². The van der Waals surface area contributed by atoms with E-state index < -0.39 is 23.6 Å². The Kier molecular flexibility index (Phi) is 6.31. The van der Waals surface area contributed by atoms with Gasteiger partial charge in [-0.2, -0.15) is 0 Å². The Morgan fingerprint density at radius 3 is 1.86 bits per heavy atom. The molecule has 36 heavy (non-hydrogen) atoms. The first-order valence-corrected chi connectivity index (χ1v) is 11.8. The van der Waals surface area contributed by atoms with Crippen LogP contribution >= 0.6 is 11.6 Å². The topological polar surface area (TPSA) is 130 Å². The minimum atomic E-state index is -0.606. The molecule has 0 fully saturated rings. The normalized spacial score (nSPS) is 14.9. The fraction of sp³-hybridized carbons (Fsp3) is 0.231. The number of imide groups is 2. The van der Waals surface area contributed by atoms with E-state index in [0.717, 1.165) is 15.4 Å². The molecular weight excluding hydrogens is 486 g/mol. The van der Waals surface area contributed by atoms with Crippen molar-refractivity contribution in [2.24, 2.45) is 5.73 Å². The first-order chi connectivity index (χ1) is 17.4. The van der Waals surface area contributed by atoms with Crippen molar-refractivity contribution in [1.29, 1.82) is 0 Å². The highest BCUT2D eigenvalue weighted by Crippen LogP contribution is 2.40. The van der Waals surface area contributed by atoms with Crippen LogP contribution in [0, 0.1) is 0 Å². The van der Waals surface area contributed by atoms with Gasteiger partial charge in [0.1, 0.15) is 0 Å². The van der Waals surface area contributed by atoms with Crippen molar-refractivity contribution in [3.63, 3.8) is 0 Å². The molecule has 0 aromatic heterocycles. The van der Waals surface area contributed by atoms with Crippen LogP contribution in [0.1, 0.15) is 47.0 Å². The first-order valence-electron chi connectivity index (χ1n) is 11.4. The van der Waals surface area contributed by atoms with Crippen LogP contribution in [-0.4, -0.2) is 66.5 Å². The second kappa shape index (κ2) is 9.44. The molecule has 0 radical (unpaired) electrons. The van der Waals surface area contributed by atoms with Gasteiger partial charge >= 0.3 is 0 Å². The largest absolute Gasteiger partial charge is 0.396 e. The van der Waals surface area contributed by atoms with E-state index in [4.69, 9.17) is 22.1 Å². The van der Waals surface area contributed by atoms with Gasteiger partial charge in [0, 0.05) is 46.2 Å². The third kappa shape index (κ3) is 3.68. The second-order valence-corrected chi connectivity index (χ2v) is 8.85. The second-order valence-electron chi connectivity index (χ2n) is 8.44. The summed E-state index contributed by atoms with van der Waals surface area (Å²) in [6.45, 7) is 0.773. The van der Waals surface area contributed by atoms with Gasteiger partial charge in [-0.15, -0.1) is 0 Å². The van der Waals surface area contributed by atoms with Gasteiger partial charge in [0.25, 0.3) is 23.6 Å². The van der Waals surface area contributed by atoms with E-state index >= 15 is 0 Å². The molecule has 0 unspecified atom stereocenters. The summed E-state index contributed by atoms with van der Waals surface area (Å²) in [7, 11) is 0. The Morgan fingerprint density at radius 2 is 1.36 bits per heavy atom. The van der Waals surface area contributed by atoms with Gasteiger partial charge in [0.15, 0.2) is 0 Å². The smallest absolute Gasteiger partial charge is 0.266 e. The molecule has 2 aliphatic heterocycles. The molecule has 3 aromatic rings. The average Bonchev–Trinajstić information content (AvgIpc) is 2.87. The number of aliphatic hydroxyl groups is 1. The van der Waals surface area contributed by atoms with E-state index in [0.29, 0.717) is 25.0 Å². The number of ether oxygens (including phenoxy) is 1. The lowest BCUT2D eigenvalue weighted by Crippen LogP contribution is -2.44. The number of nitrogens with zero attached hydrogens (tertiary/aromatic N) is 2. The number of aliphatic hydroxyl groups excluding tert-OH is 1. The van der Waals surface area contributed by atoms with Crippen molar-refractivity contribution in [2.45, 2.75) is 6.42 Å². The number of rotatable bonds is 8. The van der Waals surface area contributed by atoms with Crippen LogP contribution < -0.4 is 10.6 Å². The summed E-state index contributed by atoms with van der Waals surface area (Å²) >= 11 is 6.42. The lowest BCUT2D eigenvalue weighted by atomic mass is 9.85. The summed E-state index contributed by atoms with van der Waals surface area (Å²) in [4.78, 5) is 55.6. The number of carbonyl (C=O) groups excluding carboxylic acids is 4. The Balaban J connectivity index is 1.58. The highest BCUT2D eigenvalue weighted by Gasteiger charge is 2.40. The molecule has 0 spiro atoms. The molecule has 3 N–H and O–H groups in total. The van der Waals surface area contributed by atoms with Crippen molar-refractivity contribution < 1.29 is 29.0 Å². The lowest BCUT2D eigenvalue weighted by molar-refractivity contribution is 0.0527. The number of hydrogen-bond acceptors (Lipinski definition) is 7. The summed E-state index contributed by atoms with van der Waals surface area (Å²) < 4.78 is 5.33. The van der Waals surface area contributed by atoms with Crippen LogP contribution in [0.2, 0.25) is 5.02 Å². The Labute approximate surface area is 211 Å². The van der Waals surface area contributed by atoms with Crippen LogP contribution in [-0.2, 0) is 11.2 Å². The zero-order valence-electron chi connectivity index (χ0n) is 19.1. The maximum atomic E-state index is 13.5. The zero-order chi connectivity index (χ0) is 25.6. The van der Waals surface area contributed by atoms with Crippen LogP contribution in [0.25, 0.3) is 10.8 Å². The fourth-order valence-electron chi connectivity index (χ4n) is 4.70. The minimum absolute atomic E-state index is 0.0541. The predicted octanol–water partition coefficient (Wildman–Crippen LogP) is 2.40. The van der Waals surface area contributed by atoms with E-state index in [2.05, 4.69) is 0 Å². The number of halogens is 1. The first kappa shape index (κ1) is 24.1. The molecule has 2 heterocycles. The molecule has 4 amide bonds. The van der Waals surface area contributed by atoms with Gasteiger partial charge in [0.2, 0.25) is 0 Å². The van der Waals surface area contributed by atoms with Crippen molar-refractivity contribution >= 4 is 51.7 Å². The average molecular weight is 508 g/mol. The summed E-state index contributed by atoms with van der Waals surface area (Å²) in [5.41, 5.74) is 7.26. The third-order valence-corrected chi connectivity index (χ3v) is 6.66. The van der Waals surface area contributed by atoms with Gasteiger partial charge in [-0.1, -0.05) is 17.7 Å². The van der Waals surface area contributed by atoms with Gasteiger partial charge in [-0.05, 0) is 48.4 Å². The molecule has 184 valence electrons. The highest BCUT2D eigenvalue weighted by atomic mass is 35.5. The van der Waals surface area contributed by atoms with E-state index in [-0.39, 0.29) is 58.1 Å². The van der Waals surface area contributed by atoms with E-state index in [1.165, 1.54) is 24.3 Å². The van der Waals surface area contributed by atoms with Crippen molar-refractivity contribution in [1.82, 2.24) is 4.90 Å². The molecule has 0 saturated heterocycles. The van der Waals surface area contributed by atoms with Gasteiger partial charge in [-0.3, -0.25) is 24.1 Å². The summed E-state index contributed by atoms with van der Waals surface area (Å²) in [5.74, 6) is -2.24. The fourth-order valence-corrected chi connectivity index (χ4v) is 4.99. The lowest BCUT2D eigenvalue weighted by Gasteiger charge is -2.32. The molecule has 0 aliphatic carbocycles. The third-order valence-electron chi connectivity index (χ3n) is 6.35. The Bertz CT molecular complexity index is 1380. The van der Waals surface area contributed by atoms with Gasteiger partial charge in [0.05, 0.1) is 30.5 Å². The molecule has 9 nitrogen and oxygen atoms in total. The van der Waals surface area contributed by atoms with Crippen LogP contribution in [0.3, 0.4) is 0 Å². The quantitative estimate of drug-likeness (QED) is 0.353. The molecule has 0 bridgehead atoms. The van der Waals surface area contributed by atoms with Crippen LogP contribution in [0.5, 0.6) is 0 Å². The van der Waals surface area contributed by atoms with Crippen LogP contribution in [0.15, 0.2) is 42.5 Å². The summed E-state index contributed by atoms with van der Waals surface area (Å²) in [5, 5.41) is 9.94. The number of anilines is 1. The Hall–Kier alpha value is -3.63. The van der Waals surface area contributed by atoms with Crippen molar-refractivity contribution in [3.05, 3.63) is 75.3 Å². The summed E-state index contributed by atoms with van der Waals surface area (Å²) in [6.07, 6.45) is 0.383. The number of amides is 4. The summed E-state index contributed by atoms with van der Waals surface area (Å²) in [6, 6.07) is 10.9. The number of hydrogen-bond donors (Lipinski definition) is 2. The molecule has 0 saturated carbocycles. The van der Waals surface area contributed by atoms with E-state index in [1.54, 1.807) is 18.2 Å². The number of carbonyl (C=O) groups is 4. The molecular formula is C26H22ClN3O6. The predicted molar refractivity (Wildman–Crippen MR) is 133 cm³/mol. The Morgan fingerprint density at radius 1 is 0.806 bits per heavy atom. The SMILES string of the molecule is NCCOCCN1C(=O)c2ccc3c4c(ccc(c24)C1=O)C(=O)N(c1ccc(CCO)cc1Cl)C3=O. The number of nitrogens with two attached hydrogens (primary N) is 1. The molecule has 0 atom stereocenters. The van der Waals surface area contributed by atoms with E-state index in [1.807, 2.05) is 0 Å². The van der Waals surface area contributed by atoms with E-state index in [9.17, 15) is 24.3 Å². The maximum Gasteiger partial charge on any atom is 0.266 e. The van der Waals surface area contributed by atoms with Gasteiger partial charge in [-0.25, -0.2) is 4.90 Å². The standard InChI is InChI=1S/C26H22ClN3O6/c27-19-13-14(7-10-31)1-6-20(19)30-25(34)17-4-2-15-21-16(3-5-18(22(17)21)26(30)35)24(33)29(23(15)32)9-12-36-11-8-28/h1-6,13,31H,7-12,28H2. The molecule has 10 heteroatoms. The number of benzene rings is 3. The molecule has 3 aromatic carbocycles. The molecule has 2 aliphatic rings. The highest BCUT2D eigenvalue weighted by molar-refractivity contribution is 6.42.